The molecule has 2 N–H and O–H groups in total. The van der Waals surface area contributed by atoms with Crippen LogP contribution in [0.5, 0.6) is 0 Å². The molecule has 1 saturated carbocycles. The number of rotatable bonds is 9. The highest BCUT2D eigenvalue weighted by molar-refractivity contribution is 7.83. The Bertz CT molecular complexity index is 1040. The normalized spacial score (nSPS) is 19.6. The minimum Gasteiger partial charge on any atom is -0.359 e. The van der Waals surface area contributed by atoms with Gasteiger partial charge in [0.25, 0.3) is 0 Å². The standard InChI is InChI=1S/C25H33N5OS/c1-3-30(2)24-22-11-7-8-12-23(22)28-25(29-24)26-17-19-13-15-20(16-14-19)18-27-32(31)21-9-5-4-6-10-21/h4-12,19-20,27H,3,13-18H2,1-2H3,(H,26,28,29). The molecule has 0 aliphatic heterocycles. The van der Waals surface area contributed by atoms with E-state index in [0.29, 0.717) is 17.8 Å². The topological polar surface area (TPSA) is 70.2 Å². The lowest BCUT2D eigenvalue weighted by Gasteiger charge is -2.28. The van der Waals surface area contributed by atoms with Crippen molar-refractivity contribution in [1.82, 2.24) is 14.7 Å². The molecule has 32 heavy (non-hydrogen) atoms. The summed E-state index contributed by atoms with van der Waals surface area (Å²) in [5.41, 5.74) is 0.974. The first kappa shape index (κ1) is 22.7. The SMILES string of the molecule is CCN(C)c1nc(NCC2CCC(CNS(=O)c3ccccc3)CC2)nc2ccccc12. The maximum absolute atomic E-state index is 12.4. The molecule has 1 heterocycles. The predicted octanol–water partition coefficient (Wildman–Crippen LogP) is 4.62. The Labute approximate surface area is 193 Å². The summed E-state index contributed by atoms with van der Waals surface area (Å²) >= 11 is 0. The van der Waals surface area contributed by atoms with Crippen LogP contribution in [0.25, 0.3) is 10.9 Å². The summed E-state index contributed by atoms with van der Waals surface area (Å²) in [6.45, 7) is 4.73. The quantitative estimate of drug-likeness (QED) is 0.497. The van der Waals surface area contributed by atoms with E-state index in [0.717, 1.165) is 54.1 Å². The van der Waals surface area contributed by atoms with Gasteiger partial charge in [0, 0.05) is 32.1 Å². The summed E-state index contributed by atoms with van der Waals surface area (Å²) in [6.07, 6.45) is 4.67. The second-order valence-electron chi connectivity index (χ2n) is 8.60. The van der Waals surface area contributed by atoms with Gasteiger partial charge in [0.2, 0.25) is 5.95 Å². The van der Waals surface area contributed by atoms with Crippen LogP contribution < -0.4 is 14.9 Å². The highest BCUT2D eigenvalue weighted by atomic mass is 32.2. The third-order valence-electron chi connectivity index (χ3n) is 6.39. The van der Waals surface area contributed by atoms with Gasteiger partial charge in [-0.1, -0.05) is 30.3 Å². The molecule has 1 aliphatic rings. The van der Waals surface area contributed by atoms with Gasteiger partial charge in [0.05, 0.1) is 10.4 Å². The average molecular weight is 452 g/mol. The van der Waals surface area contributed by atoms with Crippen LogP contribution >= 0.6 is 0 Å². The van der Waals surface area contributed by atoms with Crippen molar-refractivity contribution in [3.8, 4) is 0 Å². The Morgan fingerprint density at radius 2 is 1.59 bits per heavy atom. The van der Waals surface area contributed by atoms with Crippen molar-refractivity contribution >= 4 is 33.7 Å². The van der Waals surface area contributed by atoms with E-state index in [4.69, 9.17) is 9.97 Å². The zero-order chi connectivity index (χ0) is 22.3. The number of para-hydroxylation sites is 1. The fourth-order valence-corrected chi connectivity index (χ4v) is 5.23. The molecule has 1 unspecified atom stereocenters. The molecule has 0 amide bonds. The first-order valence-electron chi connectivity index (χ1n) is 11.6. The number of hydrogen-bond acceptors (Lipinski definition) is 5. The minimum absolute atomic E-state index is 0.584. The van der Waals surface area contributed by atoms with Crippen LogP contribution in [0.4, 0.5) is 11.8 Å². The van der Waals surface area contributed by atoms with Crippen LogP contribution in [0.1, 0.15) is 32.6 Å². The maximum atomic E-state index is 12.4. The van der Waals surface area contributed by atoms with Crippen molar-refractivity contribution < 1.29 is 4.21 Å². The fourth-order valence-electron chi connectivity index (χ4n) is 4.28. The van der Waals surface area contributed by atoms with E-state index in [2.05, 4.69) is 35.0 Å². The lowest BCUT2D eigenvalue weighted by molar-refractivity contribution is 0.285. The molecular weight excluding hydrogens is 418 g/mol. The molecule has 0 bridgehead atoms. The lowest BCUT2D eigenvalue weighted by Crippen LogP contribution is -2.29. The zero-order valence-corrected chi connectivity index (χ0v) is 19.8. The first-order valence-corrected chi connectivity index (χ1v) is 12.7. The minimum atomic E-state index is -1.12. The molecule has 0 radical (unpaired) electrons. The summed E-state index contributed by atoms with van der Waals surface area (Å²) in [7, 11) is 0.944. The fraction of sp³-hybridized carbons (Fsp3) is 0.440. The van der Waals surface area contributed by atoms with E-state index in [1.165, 1.54) is 12.8 Å². The van der Waals surface area contributed by atoms with E-state index >= 15 is 0 Å². The molecule has 3 aromatic rings. The maximum Gasteiger partial charge on any atom is 0.225 e. The lowest BCUT2D eigenvalue weighted by atomic mass is 9.82. The van der Waals surface area contributed by atoms with Crippen LogP contribution in [0.2, 0.25) is 0 Å². The molecule has 170 valence electrons. The van der Waals surface area contributed by atoms with Gasteiger partial charge in [-0.25, -0.2) is 13.9 Å². The van der Waals surface area contributed by atoms with Gasteiger partial charge < -0.3 is 10.2 Å². The Morgan fingerprint density at radius 1 is 0.938 bits per heavy atom. The molecule has 0 spiro atoms. The van der Waals surface area contributed by atoms with Crippen molar-refractivity contribution in [2.75, 3.05) is 36.9 Å². The number of nitrogens with one attached hydrogen (secondary N) is 2. The third-order valence-corrected chi connectivity index (χ3v) is 7.52. The molecule has 0 saturated heterocycles. The highest BCUT2D eigenvalue weighted by Crippen LogP contribution is 2.29. The highest BCUT2D eigenvalue weighted by Gasteiger charge is 2.22. The first-order chi connectivity index (χ1) is 15.6. The predicted molar refractivity (Wildman–Crippen MR) is 133 cm³/mol. The van der Waals surface area contributed by atoms with Gasteiger partial charge in [0.1, 0.15) is 16.8 Å². The van der Waals surface area contributed by atoms with Crippen molar-refractivity contribution in [3.63, 3.8) is 0 Å². The Hall–Kier alpha value is -2.51. The monoisotopic (exact) mass is 451 g/mol. The zero-order valence-electron chi connectivity index (χ0n) is 19.0. The number of aromatic nitrogens is 2. The van der Waals surface area contributed by atoms with Gasteiger partial charge in [0.15, 0.2) is 0 Å². The smallest absolute Gasteiger partial charge is 0.225 e. The molecule has 1 aromatic heterocycles. The van der Waals surface area contributed by atoms with Crippen LogP contribution in [-0.2, 0) is 11.0 Å². The van der Waals surface area contributed by atoms with E-state index < -0.39 is 11.0 Å². The molecule has 1 atom stereocenters. The van der Waals surface area contributed by atoms with Gasteiger partial charge in [-0.05, 0) is 68.7 Å². The van der Waals surface area contributed by atoms with Crippen LogP contribution in [0.15, 0.2) is 59.5 Å². The average Bonchev–Trinajstić information content (AvgIpc) is 2.86. The number of anilines is 2. The van der Waals surface area contributed by atoms with Gasteiger partial charge >= 0.3 is 0 Å². The molecule has 6 nitrogen and oxygen atoms in total. The summed E-state index contributed by atoms with van der Waals surface area (Å²) in [5.74, 6) is 2.89. The van der Waals surface area contributed by atoms with Gasteiger partial charge in [-0.15, -0.1) is 0 Å². The van der Waals surface area contributed by atoms with E-state index in [1.807, 2.05) is 48.5 Å². The van der Waals surface area contributed by atoms with Gasteiger partial charge in [-0.3, -0.25) is 0 Å². The largest absolute Gasteiger partial charge is 0.359 e. The van der Waals surface area contributed by atoms with Crippen molar-refractivity contribution in [2.24, 2.45) is 11.8 Å². The number of hydrogen-bond donors (Lipinski definition) is 2. The van der Waals surface area contributed by atoms with Crippen LogP contribution in [-0.4, -0.2) is 40.9 Å². The van der Waals surface area contributed by atoms with E-state index in [9.17, 15) is 4.21 Å². The number of benzene rings is 2. The Kier molecular flexibility index (Phi) is 7.71. The summed E-state index contributed by atoms with van der Waals surface area (Å²) < 4.78 is 15.6. The molecular formula is C25H33N5OS. The molecule has 2 aromatic carbocycles. The van der Waals surface area contributed by atoms with E-state index in [1.54, 1.807) is 0 Å². The number of nitrogens with zero attached hydrogens (tertiary/aromatic N) is 3. The summed E-state index contributed by atoms with van der Waals surface area (Å²) in [4.78, 5) is 12.5. The molecule has 7 heteroatoms. The third kappa shape index (κ3) is 5.64. The summed E-state index contributed by atoms with van der Waals surface area (Å²) in [6, 6.07) is 17.8. The second-order valence-corrected chi connectivity index (χ2v) is 9.90. The van der Waals surface area contributed by atoms with Crippen LogP contribution in [0.3, 0.4) is 0 Å². The molecule has 1 aliphatic carbocycles. The van der Waals surface area contributed by atoms with Gasteiger partial charge in [-0.2, -0.15) is 4.98 Å². The van der Waals surface area contributed by atoms with Crippen molar-refractivity contribution in [1.29, 1.82) is 0 Å². The molecule has 1 fully saturated rings. The van der Waals surface area contributed by atoms with Crippen LogP contribution in [0, 0.1) is 11.8 Å². The second kappa shape index (κ2) is 10.9. The van der Waals surface area contributed by atoms with Crippen molar-refractivity contribution in [3.05, 3.63) is 54.6 Å². The number of fused-ring (bicyclic) bond motifs is 1. The Balaban J connectivity index is 1.28. The summed E-state index contributed by atoms with van der Waals surface area (Å²) in [5, 5.41) is 4.59. The Morgan fingerprint density at radius 3 is 2.31 bits per heavy atom. The molecule has 4 rings (SSSR count). The van der Waals surface area contributed by atoms with Crippen molar-refractivity contribution in [2.45, 2.75) is 37.5 Å². The van der Waals surface area contributed by atoms with E-state index in [-0.39, 0.29) is 0 Å².